The van der Waals surface area contributed by atoms with E-state index in [9.17, 15) is 9.90 Å². The van der Waals surface area contributed by atoms with Crippen LogP contribution in [-0.4, -0.2) is 27.1 Å². The molecule has 118 valence electrons. The Morgan fingerprint density at radius 2 is 2.04 bits per heavy atom. The Morgan fingerprint density at radius 1 is 1.35 bits per heavy atom. The van der Waals surface area contributed by atoms with E-state index in [-0.39, 0.29) is 5.69 Å². The summed E-state index contributed by atoms with van der Waals surface area (Å²) in [6.45, 7) is 4.44. The minimum absolute atomic E-state index is 0.143. The molecule has 2 aromatic heterocycles. The standard InChI is InChI=1S/C17H15BrN2O3/c1-3-23-12-6-4-11(5-7-12)15-16(17(21)22)20-9-13(18)10(2)8-14(20)19-15/h4-9H,3H2,1-2H3,(H,21,22). The van der Waals surface area contributed by atoms with Gasteiger partial charge in [-0.1, -0.05) is 0 Å². The van der Waals surface area contributed by atoms with Crippen LogP contribution in [0.1, 0.15) is 23.0 Å². The first kappa shape index (κ1) is 15.6. The van der Waals surface area contributed by atoms with Gasteiger partial charge in [-0.25, -0.2) is 9.78 Å². The van der Waals surface area contributed by atoms with E-state index in [4.69, 9.17) is 4.74 Å². The molecule has 6 heteroatoms. The van der Waals surface area contributed by atoms with Crippen molar-refractivity contribution in [1.82, 2.24) is 9.38 Å². The molecule has 23 heavy (non-hydrogen) atoms. The number of ether oxygens (including phenoxy) is 1. The van der Waals surface area contributed by atoms with Gasteiger partial charge in [-0.3, -0.25) is 4.40 Å². The predicted octanol–water partition coefficient (Wildman–Crippen LogP) is 4.17. The van der Waals surface area contributed by atoms with Gasteiger partial charge in [0.1, 0.15) is 17.1 Å². The first-order valence-electron chi connectivity index (χ1n) is 7.16. The molecule has 0 saturated heterocycles. The number of aromatic carboxylic acids is 1. The lowest BCUT2D eigenvalue weighted by atomic mass is 10.1. The van der Waals surface area contributed by atoms with Crippen LogP contribution < -0.4 is 4.74 Å². The van der Waals surface area contributed by atoms with Crippen molar-refractivity contribution in [2.75, 3.05) is 6.61 Å². The van der Waals surface area contributed by atoms with E-state index in [1.54, 1.807) is 10.6 Å². The number of aromatic nitrogens is 2. The van der Waals surface area contributed by atoms with Crippen molar-refractivity contribution in [2.24, 2.45) is 0 Å². The van der Waals surface area contributed by atoms with Crippen LogP contribution in [0.3, 0.4) is 0 Å². The fraction of sp³-hybridized carbons (Fsp3) is 0.176. The van der Waals surface area contributed by atoms with Crippen molar-refractivity contribution in [3.05, 3.63) is 52.3 Å². The van der Waals surface area contributed by atoms with Crippen LogP contribution in [0, 0.1) is 6.92 Å². The van der Waals surface area contributed by atoms with Crippen LogP contribution >= 0.6 is 15.9 Å². The number of benzene rings is 1. The molecular formula is C17H15BrN2O3. The van der Waals surface area contributed by atoms with Gasteiger partial charge in [0.2, 0.25) is 0 Å². The number of carboxylic acids is 1. The van der Waals surface area contributed by atoms with E-state index in [2.05, 4.69) is 20.9 Å². The molecule has 0 atom stereocenters. The molecule has 0 amide bonds. The monoisotopic (exact) mass is 374 g/mol. The molecule has 5 nitrogen and oxygen atoms in total. The summed E-state index contributed by atoms with van der Waals surface area (Å²) >= 11 is 3.43. The van der Waals surface area contributed by atoms with Crippen molar-refractivity contribution >= 4 is 27.5 Å². The summed E-state index contributed by atoms with van der Waals surface area (Å²) in [6.07, 6.45) is 1.74. The van der Waals surface area contributed by atoms with E-state index < -0.39 is 5.97 Å². The number of nitrogens with zero attached hydrogens (tertiary/aromatic N) is 2. The van der Waals surface area contributed by atoms with Crippen LogP contribution in [0.25, 0.3) is 16.9 Å². The van der Waals surface area contributed by atoms with E-state index >= 15 is 0 Å². The summed E-state index contributed by atoms with van der Waals surface area (Å²) in [5.41, 5.74) is 2.93. The number of imidazole rings is 1. The average molecular weight is 375 g/mol. The maximum atomic E-state index is 11.7. The second-order valence-corrected chi connectivity index (χ2v) is 5.96. The summed E-state index contributed by atoms with van der Waals surface area (Å²) < 4.78 is 7.84. The topological polar surface area (TPSA) is 63.8 Å². The highest BCUT2D eigenvalue weighted by atomic mass is 79.9. The summed E-state index contributed by atoms with van der Waals surface area (Å²) in [5.74, 6) is -0.271. The smallest absolute Gasteiger partial charge is 0.355 e. The molecule has 0 aliphatic heterocycles. The molecule has 0 aliphatic carbocycles. The molecule has 0 fully saturated rings. The largest absolute Gasteiger partial charge is 0.494 e. The van der Waals surface area contributed by atoms with Gasteiger partial charge >= 0.3 is 5.97 Å². The highest BCUT2D eigenvalue weighted by Crippen LogP contribution is 2.28. The molecule has 2 heterocycles. The second kappa shape index (κ2) is 6.04. The van der Waals surface area contributed by atoms with E-state index in [1.807, 2.05) is 44.2 Å². The van der Waals surface area contributed by atoms with Gasteiger partial charge in [0, 0.05) is 16.2 Å². The van der Waals surface area contributed by atoms with Gasteiger partial charge in [-0.2, -0.15) is 0 Å². The minimum atomic E-state index is -1.02. The lowest BCUT2D eigenvalue weighted by Gasteiger charge is -2.04. The highest BCUT2D eigenvalue weighted by molar-refractivity contribution is 9.10. The fourth-order valence-corrected chi connectivity index (χ4v) is 2.76. The Labute approximate surface area is 141 Å². The SMILES string of the molecule is CCOc1ccc(-c2nc3cc(C)c(Br)cn3c2C(=O)O)cc1. The van der Waals surface area contributed by atoms with Crippen molar-refractivity contribution in [3.8, 4) is 17.0 Å². The number of halogens is 1. The molecule has 0 unspecified atom stereocenters. The summed E-state index contributed by atoms with van der Waals surface area (Å²) in [4.78, 5) is 16.2. The van der Waals surface area contributed by atoms with E-state index in [1.165, 1.54) is 0 Å². The van der Waals surface area contributed by atoms with Crippen molar-refractivity contribution in [3.63, 3.8) is 0 Å². The number of fused-ring (bicyclic) bond motifs is 1. The fourth-order valence-electron chi connectivity index (χ4n) is 2.44. The number of pyridine rings is 1. The van der Waals surface area contributed by atoms with Gasteiger partial charge in [-0.15, -0.1) is 0 Å². The van der Waals surface area contributed by atoms with Crippen LogP contribution in [0.2, 0.25) is 0 Å². The molecule has 0 saturated carbocycles. The first-order chi connectivity index (χ1) is 11.0. The summed E-state index contributed by atoms with van der Waals surface area (Å²) in [7, 11) is 0. The molecule has 0 radical (unpaired) electrons. The molecule has 3 aromatic rings. The zero-order chi connectivity index (χ0) is 16.6. The van der Waals surface area contributed by atoms with E-state index in [0.29, 0.717) is 17.9 Å². The van der Waals surface area contributed by atoms with Crippen LogP contribution in [0.5, 0.6) is 5.75 Å². The van der Waals surface area contributed by atoms with Crippen molar-refractivity contribution < 1.29 is 14.6 Å². The van der Waals surface area contributed by atoms with Crippen LogP contribution in [0.4, 0.5) is 0 Å². The van der Waals surface area contributed by atoms with Gasteiger partial charge in [-0.05, 0) is 65.7 Å². The molecule has 1 N–H and O–H groups in total. The average Bonchev–Trinajstić information content (AvgIpc) is 2.87. The molecule has 0 bridgehead atoms. The molecule has 0 aliphatic rings. The Morgan fingerprint density at radius 3 is 2.65 bits per heavy atom. The van der Waals surface area contributed by atoms with Gasteiger partial charge in [0.15, 0.2) is 5.69 Å². The number of hydrogen-bond donors (Lipinski definition) is 1. The molecular weight excluding hydrogens is 360 g/mol. The molecule has 1 aromatic carbocycles. The summed E-state index contributed by atoms with van der Waals surface area (Å²) in [6, 6.07) is 9.13. The zero-order valence-corrected chi connectivity index (χ0v) is 14.3. The lowest BCUT2D eigenvalue weighted by molar-refractivity contribution is 0.0690. The number of carboxylic acid groups (broad SMARTS) is 1. The minimum Gasteiger partial charge on any atom is -0.494 e. The third kappa shape index (κ3) is 2.82. The summed E-state index contributed by atoms with van der Waals surface area (Å²) in [5, 5.41) is 9.61. The van der Waals surface area contributed by atoms with E-state index in [0.717, 1.165) is 21.3 Å². The molecule has 3 rings (SSSR count). The highest BCUT2D eigenvalue weighted by Gasteiger charge is 2.20. The maximum Gasteiger partial charge on any atom is 0.355 e. The predicted molar refractivity (Wildman–Crippen MR) is 91.2 cm³/mol. The third-order valence-corrected chi connectivity index (χ3v) is 4.37. The lowest BCUT2D eigenvalue weighted by Crippen LogP contribution is -2.04. The maximum absolute atomic E-state index is 11.7. The first-order valence-corrected chi connectivity index (χ1v) is 7.95. The number of aryl methyl sites for hydroxylation is 1. The van der Waals surface area contributed by atoms with Gasteiger partial charge < -0.3 is 9.84 Å². The quantitative estimate of drug-likeness (QED) is 0.744. The molecule has 0 spiro atoms. The zero-order valence-electron chi connectivity index (χ0n) is 12.7. The normalized spacial score (nSPS) is 10.9. The second-order valence-electron chi connectivity index (χ2n) is 5.10. The number of carbonyl (C=O) groups is 1. The Kier molecular flexibility index (Phi) is 4.09. The number of rotatable bonds is 4. The van der Waals surface area contributed by atoms with Crippen LogP contribution in [0.15, 0.2) is 41.0 Å². The Balaban J connectivity index is 2.20. The van der Waals surface area contributed by atoms with Crippen LogP contribution in [-0.2, 0) is 0 Å². The van der Waals surface area contributed by atoms with Crippen molar-refractivity contribution in [2.45, 2.75) is 13.8 Å². The number of hydrogen-bond acceptors (Lipinski definition) is 3. The van der Waals surface area contributed by atoms with Gasteiger partial charge in [0.25, 0.3) is 0 Å². The Hall–Kier alpha value is -2.34. The van der Waals surface area contributed by atoms with Gasteiger partial charge in [0.05, 0.1) is 6.61 Å². The third-order valence-electron chi connectivity index (χ3n) is 3.54. The Bertz CT molecular complexity index is 885. The van der Waals surface area contributed by atoms with Crippen molar-refractivity contribution in [1.29, 1.82) is 0 Å².